The number of nitrogens with one attached hydrogen (secondary N) is 1. The Labute approximate surface area is 213 Å². The van der Waals surface area contributed by atoms with Gasteiger partial charge >= 0.3 is 13.9 Å². The van der Waals surface area contributed by atoms with Crippen molar-refractivity contribution in [2.24, 2.45) is 5.11 Å². The minimum atomic E-state index is -3.20. The van der Waals surface area contributed by atoms with E-state index in [1.807, 2.05) is 4.98 Å². The maximum atomic E-state index is 12.3. The summed E-state index contributed by atoms with van der Waals surface area (Å²) >= 11 is 12.0. The molecule has 1 fully saturated rings. The van der Waals surface area contributed by atoms with Gasteiger partial charge in [0, 0.05) is 40.8 Å². The number of benzene rings is 1. The van der Waals surface area contributed by atoms with Crippen LogP contribution in [0.2, 0.25) is 10.0 Å². The van der Waals surface area contributed by atoms with Crippen molar-refractivity contribution in [3.63, 3.8) is 0 Å². The van der Waals surface area contributed by atoms with Crippen LogP contribution in [0.25, 0.3) is 10.4 Å². The number of H-pyrrole nitrogens is 1. The zero-order chi connectivity index (χ0) is 26.5. The number of ether oxygens (including phenoxy) is 2. The summed E-state index contributed by atoms with van der Waals surface area (Å²) in [5.74, 6) is 0. The highest BCUT2D eigenvalue weighted by molar-refractivity contribution is 7.33. The predicted molar refractivity (Wildman–Crippen MR) is 127 cm³/mol. The smallest absolute Gasteiger partial charge is 0.330 e. The first-order valence-corrected chi connectivity index (χ1v) is 12.3. The number of hydrogen-bond donors (Lipinski definition) is 3. The molecule has 2 aromatic rings. The molecular weight excluding hydrogens is 544 g/mol. The number of aliphatic hydroxyl groups excluding tert-OH is 2. The second kappa shape index (κ2) is 12.3. The molecule has 196 valence electrons. The molecule has 3 rings (SSSR count). The van der Waals surface area contributed by atoms with Crippen LogP contribution in [0.3, 0.4) is 0 Å². The number of nitrogens with zero attached hydrogens (tertiary/aromatic N) is 4. The summed E-state index contributed by atoms with van der Waals surface area (Å²) in [4.78, 5) is 27.9. The van der Waals surface area contributed by atoms with Gasteiger partial charge in [0.1, 0.15) is 12.2 Å². The molecule has 0 saturated carbocycles. The molecule has 1 aromatic heterocycles. The summed E-state index contributed by atoms with van der Waals surface area (Å²) in [5, 5.41) is 25.1. The summed E-state index contributed by atoms with van der Waals surface area (Å²) in [6, 6.07) is 5.89. The Morgan fingerprint density at radius 1 is 1.31 bits per heavy atom. The second-order valence-electron chi connectivity index (χ2n) is 7.60. The van der Waals surface area contributed by atoms with E-state index in [4.69, 9.17) is 47.3 Å². The minimum Gasteiger partial charge on any atom is -0.387 e. The van der Waals surface area contributed by atoms with E-state index < -0.39 is 56.4 Å². The van der Waals surface area contributed by atoms with Gasteiger partial charge in [-0.15, -0.1) is 0 Å². The van der Waals surface area contributed by atoms with Crippen molar-refractivity contribution in [2.75, 3.05) is 20.3 Å². The van der Waals surface area contributed by atoms with Crippen LogP contribution in [0.15, 0.2) is 45.2 Å². The topological polar surface area (TPSA) is 198 Å². The summed E-state index contributed by atoms with van der Waals surface area (Å²) in [5.41, 5.74) is 5.76. The molecule has 6 atom stereocenters. The van der Waals surface area contributed by atoms with E-state index in [9.17, 15) is 24.4 Å². The lowest BCUT2D eigenvalue weighted by Gasteiger charge is -2.26. The van der Waals surface area contributed by atoms with Gasteiger partial charge in [-0.2, -0.15) is 0 Å². The second-order valence-corrected chi connectivity index (χ2v) is 9.55. The van der Waals surface area contributed by atoms with Gasteiger partial charge < -0.3 is 28.7 Å². The van der Waals surface area contributed by atoms with E-state index in [2.05, 4.69) is 10.0 Å². The van der Waals surface area contributed by atoms with E-state index in [-0.39, 0.29) is 13.0 Å². The molecule has 2 heterocycles. The van der Waals surface area contributed by atoms with E-state index in [0.717, 1.165) is 16.8 Å². The molecule has 0 radical (unpaired) electrons. The third-order valence-electron chi connectivity index (χ3n) is 5.28. The molecule has 1 aliphatic rings. The minimum absolute atomic E-state index is 0.0730. The van der Waals surface area contributed by atoms with E-state index in [1.54, 1.807) is 18.2 Å². The van der Waals surface area contributed by atoms with Crippen LogP contribution in [0.5, 0.6) is 0 Å². The van der Waals surface area contributed by atoms with Gasteiger partial charge in [-0.05, 0) is 29.3 Å². The van der Waals surface area contributed by atoms with Gasteiger partial charge in [-0.3, -0.25) is 18.9 Å². The van der Waals surface area contributed by atoms with Gasteiger partial charge in [-0.1, -0.05) is 28.3 Å². The van der Waals surface area contributed by atoms with Crippen LogP contribution in [0.4, 0.5) is 0 Å². The number of halogens is 2. The number of methoxy groups -OCH3 is 1. The van der Waals surface area contributed by atoms with Crippen molar-refractivity contribution in [1.29, 1.82) is 0 Å². The number of aromatic amines is 1. The zero-order valence-corrected chi connectivity index (χ0v) is 21.1. The summed E-state index contributed by atoms with van der Waals surface area (Å²) < 4.78 is 34.3. The SMILES string of the molecule is CO[C@@H](CCO[PH](=O)OC[C@@]1(N=[N+]=[N-])OC(n2ccc(=O)[nH]c2=O)[C@H](O)[C@@H]1O)c1cc(Cl)cc(Cl)c1. The van der Waals surface area contributed by atoms with E-state index in [0.29, 0.717) is 15.6 Å². The molecular formula is C19H22Cl2N5O9P. The Hall–Kier alpha value is -2.22. The maximum absolute atomic E-state index is 12.3. The number of hydrogen-bond acceptors (Lipinski definition) is 10. The van der Waals surface area contributed by atoms with E-state index in [1.165, 1.54) is 7.11 Å². The molecule has 1 aliphatic heterocycles. The number of azide groups is 1. The van der Waals surface area contributed by atoms with Crippen LogP contribution in [0, 0.1) is 0 Å². The molecule has 0 bridgehead atoms. The van der Waals surface area contributed by atoms with Crippen molar-refractivity contribution >= 4 is 31.5 Å². The molecule has 36 heavy (non-hydrogen) atoms. The summed E-state index contributed by atoms with van der Waals surface area (Å²) in [6.45, 7) is -0.852. The third-order valence-corrected chi connectivity index (χ3v) is 6.54. The molecule has 0 spiro atoms. The van der Waals surface area contributed by atoms with Gasteiger partial charge in [-0.25, -0.2) is 4.79 Å². The predicted octanol–water partition coefficient (Wildman–Crippen LogP) is 2.30. The Kier molecular flexibility index (Phi) is 9.72. The van der Waals surface area contributed by atoms with Crippen molar-refractivity contribution in [3.8, 4) is 0 Å². The first-order chi connectivity index (χ1) is 17.1. The van der Waals surface area contributed by atoms with Gasteiger partial charge in [0.15, 0.2) is 6.23 Å². The average molecular weight is 566 g/mol. The average Bonchev–Trinajstić information content (AvgIpc) is 3.05. The lowest BCUT2D eigenvalue weighted by Crippen LogP contribution is -2.44. The molecule has 3 N–H and O–H groups in total. The van der Waals surface area contributed by atoms with Gasteiger partial charge in [0.25, 0.3) is 5.56 Å². The van der Waals surface area contributed by atoms with Crippen LogP contribution in [0.1, 0.15) is 24.3 Å². The molecule has 1 aromatic carbocycles. The van der Waals surface area contributed by atoms with Crippen LogP contribution in [-0.2, 0) is 23.1 Å². The maximum Gasteiger partial charge on any atom is 0.330 e. The van der Waals surface area contributed by atoms with Crippen LogP contribution >= 0.6 is 31.5 Å². The standard InChI is InChI=1S/C19H22Cl2N5O9P/c1-32-13(10-6-11(20)8-12(21)7-10)3-5-33-36(31)34-9-19(24-25-22)16(29)15(28)17(35-19)26-4-2-14(27)23-18(26)30/h2,4,6-8,13,15-17,28-29,36H,3,5,9H2,1H3,(H,23,27,30)/t13-,15+,16-,17?,19+/m0/s1. The zero-order valence-electron chi connectivity index (χ0n) is 18.6. The fourth-order valence-corrected chi connectivity index (χ4v) is 4.80. The Morgan fingerprint density at radius 3 is 2.61 bits per heavy atom. The largest absolute Gasteiger partial charge is 0.387 e. The monoisotopic (exact) mass is 565 g/mol. The Balaban J connectivity index is 1.63. The van der Waals surface area contributed by atoms with Crippen molar-refractivity contribution < 1.29 is 33.3 Å². The van der Waals surface area contributed by atoms with Crippen molar-refractivity contribution in [3.05, 3.63) is 77.4 Å². The Bertz CT molecular complexity index is 1250. The van der Waals surface area contributed by atoms with Gasteiger partial charge in [0.2, 0.25) is 5.72 Å². The summed E-state index contributed by atoms with van der Waals surface area (Å²) in [7, 11) is -1.73. The molecule has 14 nitrogen and oxygen atoms in total. The fraction of sp³-hybridized carbons (Fsp3) is 0.474. The highest BCUT2D eigenvalue weighted by Crippen LogP contribution is 2.40. The first kappa shape index (κ1) is 28.4. The normalized spacial score (nSPS) is 25.3. The Morgan fingerprint density at radius 2 is 2.00 bits per heavy atom. The van der Waals surface area contributed by atoms with Crippen molar-refractivity contribution in [1.82, 2.24) is 9.55 Å². The lowest BCUT2D eigenvalue weighted by molar-refractivity contribution is -0.121. The van der Waals surface area contributed by atoms with Crippen molar-refractivity contribution in [2.45, 2.75) is 36.7 Å². The third kappa shape index (κ3) is 6.55. The molecule has 0 amide bonds. The number of aromatic nitrogens is 2. The highest BCUT2D eigenvalue weighted by atomic mass is 35.5. The van der Waals surface area contributed by atoms with E-state index >= 15 is 0 Å². The summed E-state index contributed by atoms with van der Waals surface area (Å²) in [6.07, 6.45) is -4.38. The molecule has 0 aliphatic carbocycles. The lowest BCUT2D eigenvalue weighted by atomic mass is 10.1. The number of aliphatic hydroxyl groups is 2. The van der Waals surface area contributed by atoms with Gasteiger partial charge in [0.05, 0.1) is 19.3 Å². The first-order valence-electron chi connectivity index (χ1n) is 10.3. The highest BCUT2D eigenvalue weighted by Gasteiger charge is 2.55. The molecule has 2 unspecified atom stereocenters. The van der Waals surface area contributed by atoms with Crippen LogP contribution in [-0.4, -0.2) is 58.0 Å². The number of rotatable bonds is 11. The fourth-order valence-electron chi connectivity index (χ4n) is 3.56. The molecule has 17 heteroatoms. The quantitative estimate of drug-likeness (QED) is 0.158. The van der Waals surface area contributed by atoms with Crippen LogP contribution < -0.4 is 11.2 Å². The molecule has 1 saturated heterocycles.